The van der Waals surface area contributed by atoms with Gasteiger partial charge in [0.1, 0.15) is 5.75 Å². The molecule has 0 spiro atoms. The highest BCUT2D eigenvalue weighted by Crippen LogP contribution is 2.36. The summed E-state index contributed by atoms with van der Waals surface area (Å²) in [6.07, 6.45) is 2.77. The summed E-state index contributed by atoms with van der Waals surface area (Å²) in [7, 11) is 1.68. The molecule has 5 rings (SSSR count). The molecule has 1 amide bonds. The zero-order valence-electron chi connectivity index (χ0n) is 19.5. The molecule has 1 aromatic heterocycles. The standard InChI is InChI=1S/C27H27BrN4O3/c1-35-25-9-8-18(13-29-30-27(34)20-4-2-5-23(28)12-20)10-22(25)17-31-14-19-11-21(16-31)24-6-3-7-26(33)32(24)15-19/h2-10,12-13,19,21H,11,14-17H2,1H3,(H,30,34)/b29-13+/t19-,21+/m0/s1. The second-order valence-corrected chi connectivity index (χ2v) is 10.1. The van der Waals surface area contributed by atoms with E-state index in [0.717, 1.165) is 59.6 Å². The van der Waals surface area contributed by atoms with Gasteiger partial charge in [-0.1, -0.05) is 28.1 Å². The molecule has 0 unspecified atom stereocenters. The first-order valence-electron chi connectivity index (χ1n) is 11.7. The number of hydrazone groups is 1. The number of hydrogen-bond acceptors (Lipinski definition) is 5. The minimum absolute atomic E-state index is 0.103. The number of nitrogens with zero attached hydrogens (tertiary/aromatic N) is 3. The van der Waals surface area contributed by atoms with Crippen molar-refractivity contribution in [1.29, 1.82) is 0 Å². The highest BCUT2D eigenvalue weighted by atomic mass is 79.9. The number of fused-ring (bicyclic) bond motifs is 4. The van der Waals surface area contributed by atoms with Gasteiger partial charge >= 0.3 is 0 Å². The van der Waals surface area contributed by atoms with Crippen molar-refractivity contribution in [1.82, 2.24) is 14.9 Å². The quantitative estimate of drug-likeness (QED) is 0.383. The van der Waals surface area contributed by atoms with Gasteiger partial charge < -0.3 is 9.30 Å². The maximum Gasteiger partial charge on any atom is 0.271 e. The third-order valence-corrected chi connectivity index (χ3v) is 7.21. The van der Waals surface area contributed by atoms with Crippen LogP contribution in [0.2, 0.25) is 0 Å². The van der Waals surface area contributed by atoms with Crippen LogP contribution in [0.25, 0.3) is 0 Å². The first-order chi connectivity index (χ1) is 17.0. The van der Waals surface area contributed by atoms with E-state index in [0.29, 0.717) is 17.4 Å². The number of piperidine rings is 1. The molecule has 1 fully saturated rings. The van der Waals surface area contributed by atoms with Crippen LogP contribution < -0.4 is 15.7 Å². The number of rotatable bonds is 6. The summed E-state index contributed by atoms with van der Waals surface area (Å²) in [5.74, 6) is 1.38. The van der Waals surface area contributed by atoms with Crippen LogP contribution in [0.1, 0.15) is 39.5 Å². The molecule has 3 aromatic rings. The third-order valence-electron chi connectivity index (χ3n) is 6.72. The van der Waals surface area contributed by atoms with Gasteiger partial charge in [-0.25, -0.2) is 5.43 Å². The maximum atomic E-state index is 12.3. The molecule has 2 aromatic carbocycles. The summed E-state index contributed by atoms with van der Waals surface area (Å²) in [4.78, 5) is 27.1. The van der Waals surface area contributed by atoms with E-state index in [1.165, 1.54) is 0 Å². The smallest absolute Gasteiger partial charge is 0.271 e. The summed E-state index contributed by atoms with van der Waals surface area (Å²) in [5.41, 5.74) is 6.32. The minimum Gasteiger partial charge on any atom is -0.496 e. The fraction of sp³-hybridized carbons (Fsp3) is 0.296. The zero-order valence-corrected chi connectivity index (χ0v) is 21.1. The molecule has 0 radical (unpaired) electrons. The maximum absolute atomic E-state index is 12.3. The van der Waals surface area contributed by atoms with Gasteiger partial charge in [0.2, 0.25) is 0 Å². The Hall–Kier alpha value is -3.23. The topological polar surface area (TPSA) is 75.9 Å². The van der Waals surface area contributed by atoms with Crippen molar-refractivity contribution in [2.24, 2.45) is 11.0 Å². The molecule has 2 bridgehead atoms. The second-order valence-electron chi connectivity index (χ2n) is 9.17. The fourth-order valence-electron chi connectivity index (χ4n) is 5.23. The number of likely N-dealkylation sites (tertiary alicyclic amines) is 1. The van der Waals surface area contributed by atoms with Gasteiger partial charge in [-0.3, -0.25) is 14.5 Å². The van der Waals surface area contributed by atoms with Crippen molar-refractivity contribution in [3.05, 3.63) is 97.9 Å². The molecule has 8 heteroatoms. The van der Waals surface area contributed by atoms with E-state index in [2.05, 4.69) is 43.5 Å². The summed E-state index contributed by atoms with van der Waals surface area (Å²) in [5, 5.41) is 4.14. The van der Waals surface area contributed by atoms with E-state index < -0.39 is 0 Å². The van der Waals surface area contributed by atoms with Crippen LogP contribution in [-0.4, -0.2) is 41.8 Å². The Morgan fingerprint density at radius 3 is 2.83 bits per heavy atom. The minimum atomic E-state index is -0.268. The number of carbonyl (C=O) groups excluding carboxylic acids is 1. The summed E-state index contributed by atoms with van der Waals surface area (Å²) in [6.45, 7) is 3.38. The number of benzene rings is 2. The Balaban J connectivity index is 1.28. The fourth-order valence-corrected chi connectivity index (χ4v) is 5.63. The Labute approximate surface area is 212 Å². The molecular formula is C27H27BrN4O3. The van der Waals surface area contributed by atoms with Gasteiger partial charge in [-0.05, 0) is 60.4 Å². The highest BCUT2D eigenvalue weighted by molar-refractivity contribution is 9.10. The van der Waals surface area contributed by atoms with Gasteiger partial charge in [0, 0.05) is 59.5 Å². The number of aromatic nitrogens is 1. The van der Waals surface area contributed by atoms with Crippen molar-refractivity contribution >= 4 is 28.1 Å². The van der Waals surface area contributed by atoms with E-state index >= 15 is 0 Å². The lowest BCUT2D eigenvalue weighted by atomic mass is 9.83. The average molecular weight is 535 g/mol. The van der Waals surface area contributed by atoms with E-state index in [9.17, 15) is 9.59 Å². The van der Waals surface area contributed by atoms with Gasteiger partial charge in [-0.15, -0.1) is 0 Å². The summed E-state index contributed by atoms with van der Waals surface area (Å²) < 4.78 is 8.42. The van der Waals surface area contributed by atoms with Crippen molar-refractivity contribution in [3.63, 3.8) is 0 Å². The number of carbonyl (C=O) groups is 1. The van der Waals surface area contributed by atoms with E-state index in [1.807, 2.05) is 34.9 Å². The van der Waals surface area contributed by atoms with E-state index in [-0.39, 0.29) is 11.5 Å². The lowest BCUT2D eigenvalue weighted by Crippen LogP contribution is -2.46. The first-order valence-corrected chi connectivity index (χ1v) is 12.5. The van der Waals surface area contributed by atoms with Gasteiger partial charge in [0.05, 0.1) is 13.3 Å². The number of hydrogen-bond donors (Lipinski definition) is 1. The molecular weight excluding hydrogens is 508 g/mol. The van der Waals surface area contributed by atoms with Crippen LogP contribution in [0, 0.1) is 5.92 Å². The lowest BCUT2D eigenvalue weighted by molar-refractivity contribution is 0.0955. The van der Waals surface area contributed by atoms with Crippen LogP contribution >= 0.6 is 15.9 Å². The Bertz CT molecular complexity index is 1340. The molecule has 7 nitrogen and oxygen atoms in total. The molecule has 1 saturated heterocycles. The normalized spacial score (nSPS) is 19.4. The molecule has 3 heterocycles. The number of ether oxygens (including phenoxy) is 1. The molecule has 0 aliphatic carbocycles. The molecule has 35 heavy (non-hydrogen) atoms. The van der Waals surface area contributed by atoms with Gasteiger partial charge in [-0.2, -0.15) is 5.10 Å². The lowest BCUT2D eigenvalue weighted by Gasteiger charge is -2.42. The molecule has 180 valence electrons. The van der Waals surface area contributed by atoms with Crippen molar-refractivity contribution in [3.8, 4) is 5.75 Å². The summed E-state index contributed by atoms with van der Waals surface area (Å²) in [6, 6.07) is 18.7. The van der Waals surface area contributed by atoms with Gasteiger partial charge in [0.25, 0.3) is 11.5 Å². The van der Waals surface area contributed by atoms with Crippen LogP contribution in [-0.2, 0) is 13.1 Å². The molecule has 2 aliphatic rings. The first kappa shape index (κ1) is 23.5. The number of methoxy groups -OCH3 is 1. The SMILES string of the molecule is COc1ccc(/C=N/NC(=O)c2cccc(Br)c2)cc1CN1C[C@@H]2C[C@H](C1)c1cccc(=O)n1C2. The van der Waals surface area contributed by atoms with Crippen LogP contribution in [0.3, 0.4) is 0 Å². The Morgan fingerprint density at radius 2 is 2.00 bits per heavy atom. The largest absolute Gasteiger partial charge is 0.496 e. The van der Waals surface area contributed by atoms with Crippen LogP contribution in [0.5, 0.6) is 5.75 Å². The van der Waals surface area contributed by atoms with E-state index in [1.54, 1.807) is 31.5 Å². The highest BCUT2D eigenvalue weighted by Gasteiger charge is 2.34. The zero-order chi connectivity index (χ0) is 24.4. The third kappa shape index (κ3) is 5.23. The molecule has 1 N–H and O–H groups in total. The van der Waals surface area contributed by atoms with Crippen molar-refractivity contribution < 1.29 is 9.53 Å². The van der Waals surface area contributed by atoms with Crippen LogP contribution in [0.15, 0.2) is 75.0 Å². The number of pyridine rings is 1. The molecule has 2 atom stereocenters. The number of nitrogens with one attached hydrogen (secondary N) is 1. The predicted molar refractivity (Wildman–Crippen MR) is 139 cm³/mol. The molecule has 0 saturated carbocycles. The Morgan fingerprint density at radius 1 is 1.14 bits per heavy atom. The van der Waals surface area contributed by atoms with Crippen molar-refractivity contribution in [2.45, 2.75) is 25.4 Å². The van der Waals surface area contributed by atoms with E-state index in [4.69, 9.17) is 4.74 Å². The Kier molecular flexibility index (Phi) is 6.83. The average Bonchev–Trinajstić information content (AvgIpc) is 2.85. The number of halogens is 1. The monoisotopic (exact) mass is 534 g/mol. The second kappa shape index (κ2) is 10.2. The predicted octanol–water partition coefficient (Wildman–Crippen LogP) is 4.00. The summed E-state index contributed by atoms with van der Waals surface area (Å²) >= 11 is 3.37. The number of amides is 1. The molecule has 2 aliphatic heterocycles. The van der Waals surface area contributed by atoms with Crippen LogP contribution in [0.4, 0.5) is 0 Å². The van der Waals surface area contributed by atoms with Gasteiger partial charge in [0.15, 0.2) is 0 Å². The van der Waals surface area contributed by atoms with Crippen molar-refractivity contribution in [2.75, 3.05) is 20.2 Å².